The highest BCUT2D eigenvalue weighted by atomic mass is 14.0. The second-order valence-electron chi connectivity index (χ2n) is 3.23. The summed E-state index contributed by atoms with van der Waals surface area (Å²) in [5.74, 6) is 0.538. The molecule has 1 aromatic rings. The zero-order valence-electron chi connectivity index (χ0n) is 8.04. The summed E-state index contributed by atoms with van der Waals surface area (Å²) in [7, 11) is 0. The third-order valence-corrected chi connectivity index (χ3v) is 2.08. The standard InChI is InChI=1S/C12H16/c1-4-5-11(3)12-8-6-10(2)7-9-12/h4-9,11H,1-3H3/b5-4-. The molecule has 1 rings (SSSR count). The molecule has 0 amide bonds. The average molecular weight is 160 g/mol. The minimum Gasteiger partial charge on any atom is -0.0911 e. The summed E-state index contributed by atoms with van der Waals surface area (Å²) < 4.78 is 0. The lowest BCUT2D eigenvalue weighted by molar-refractivity contribution is 0.964. The molecule has 0 aliphatic rings. The largest absolute Gasteiger partial charge is 0.0911 e. The first kappa shape index (κ1) is 9.05. The lowest BCUT2D eigenvalue weighted by atomic mass is 10.00. The van der Waals surface area contributed by atoms with Crippen LogP contribution in [0.4, 0.5) is 0 Å². The summed E-state index contributed by atoms with van der Waals surface area (Å²) in [4.78, 5) is 0. The van der Waals surface area contributed by atoms with Gasteiger partial charge in [0.2, 0.25) is 0 Å². The molecule has 12 heavy (non-hydrogen) atoms. The zero-order chi connectivity index (χ0) is 8.97. The van der Waals surface area contributed by atoms with Gasteiger partial charge in [0.25, 0.3) is 0 Å². The molecular formula is C12H16. The van der Waals surface area contributed by atoms with Crippen LogP contribution in [0.5, 0.6) is 0 Å². The Morgan fingerprint density at radius 1 is 1.17 bits per heavy atom. The van der Waals surface area contributed by atoms with Crippen LogP contribution in [0.25, 0.3) is 0 Å². The van der Waals surface area contributed by atoms with E-state index in [9.17, 15) is 0 Å². The van der Waals surface area contributed by atoms with E-state index >= 15 is 0 Å². The van der Waals surface area contributed by atoms with Crippen molar-refractivity contribution in [3.63, 3.8) is 0 Å². The molecule has 0 saturated heterocycles. The summed E-state index contributed by atoms with van der Waals surface area (Å²) in [5, 5.41) is 0. The van der Waals surface area contributed by atoms with Crippen molar-refractivity contribution in [2.45, 2.75) is 26.7 Å². The van der Waals surface area contributed by atoms with Gasteiger partial charge in [0.1, 0.15) is 0 Å². The first-order valence-electron chi connectivity index (χ1n) is 4.43. The van der Waals surface area contributed by atoms with Crippen LogP contribution in [0.1, 0.15) is 30.9 Å². The van der Waals surface area contributed by atoms with Gasteiger partial charge in [-0.05, 0) is 25.3 Å². The Labute approximate surface area is 74.9 Å². The fourth-order valence-corrected chi connectivity index (χ4v) is 1.27. The first-order chi connectivity index (χ1) is 5.74. The van der Waals surface area contributed by atoms with Crippen molar-refractivity contribution in [2.75, 3.05) is 0 Å². The van der Waals surface area contributed by atoms with Crippen molar-refractivity contribution >= 4 is 0 Å². The molecule has 0 saturated carbocycles. The first-order valence-corrected chi connectivity index (χ1v) is 4.43. The van der Waals surface area contributed by atoms with Gasteiger partial charge < -0.3 is 0 Å². The molecule has 1 unspecified atom stereocenters. The maximum absolute atomic E-state index is 2.21. The maximum Gasteiger partial charge on any atom is -0.00105 e. The minimum absolute atomic E-state index is 0.538. The van der Waals surface area contributed by atoms with E-state index in [1.54, 1.807) is 0 Å². The van der Waals surface area contributed by atoms with E-state index in [1.165, 1.54) is 11.1 Å². The van der Waals surface area contributed by atoms with Gasteiger partial charge in [-0.2, -0.15) is 0 Å². The summed E-state index contributed by atoms with van der Waals surface area (Å²) in [6.45, 7) is 6.39. The van der Waals surface area contributed by atoms with Crippen LogP contribution < -0.4 is 0 Å². The van der Waals surface area contributed by atoms with E-state index in [-0.39, 0.29) is 0 Å². The molecule has 0 N–H and O–H groups in total. The van der Waals surface area contributed by atoms with Crippen molar-refractivity contribution in [3.8, 4) is 0 Å². The molecule has 0 heteroatoms. The van der Waals surface area contributed by atoms with Crippen LogP contribution in [0.15, 0.2) is 36.4 Å². The quantitative estimate of drug-likeness (QED) is 0.579. The minimum atomic E-state index is 0.538. The van der Waals surface area contributed by atoms with E-state index in [1.807, 2.05) is 0 Å². The molecule has 0 heterocycles. The topological polar surface area (TPSA) is 0 Å². The SMILES string of the molecule is C/C=C\C(C)c1ccc(C)cc1. The Balaban J connectivity index is 2.82. The van der Waals surface area contributed by atoms with E-state index in [0.717, 1.165) is 0 Å². The molecule has 0 aliphatic carbocycles. The highest BCUT2D eigenvalue weighted by molar-refractivity contribution is 5.26. The van der Waals surface area contributed by atoms with E-state index < -0.39 is 0 Å². The monoisotopic (exact) mass is 160 g/mol. The molecule has 0 spiro atoms. The van der Waals surface area contributed by atoms with Gasteiger partial charge in [-0.3, -0.25) is 0 Å². The van der Waals surface area contributed by atoms with Gasteiger partial charge in [-0.15, -0.1) is 0 Å². The summed E-state index contributed by atoms with van der Waals surface area (Å²) in [6.07, 6.45) is 4.31. The Hall–Kier alpha value is -1.04. The molecule has 64 valence electrons. The van der Waals surface area contributed by atoms with Crippen molar-refractivity contribution in [3.05, 3.63) is 47.5 Å². The van der Waals surface area contributed by atoms with E-state index in [0.29, 0.717) is 5.92 Å². The fourth-order valence-electron chi connectivity index (χ4n) is 1.27. The summed E-state index contributed by atoms with van der Waals surface area (Å²) >= 11 is 0. The normalized spacial score (nSPS) is 13.6. The smallest absolute Gasteiger partial charge is 0.00105 e. The third kappa shape index (κ3) is 2.23. The molecule has 0 radical (unpaired) electrons. The van der Waals surface area contributed by atoms with Crippen LogP contribution in [0.2, 0.25) is 0 Å². The molecule has 1 aromatic carbocycles. The third-order valence-electron chi connectivity index (χ3n) is 2.08. The Bertz CT molecular complexity index is 254. The van der Waals surface area contributed by atoms with Gasteiger partial charge in [0, 0.05) is 0 Å². The molecule has 0 nitrogen and oxygen atoms in total. The Morgan fingerprint density at radius 2 is 1.75 bits per heavy atom. The number of rotatable bonds is 2. The van der Waals surface area contributed by atoms with Crippen LogP contribution in [-0.4, -0.2) is 0 Å². The predicted octanol–water partition coefficient (Wildman–Crippen LogP) is 3.67. The second-order valence-corrected chi connectivity index (χ2v) is 3.23. The lowest BCUT2D eigenvalue weighted by Crippen LogP contribution is -1.87. The molecule has 0 fully saturated rings. The van der Waals surface area contributed by atoms with Gasteiger partial charge in [0.05, 0.1) is 0 Å². The van der Waals surface area contributed by atoms with E-state index in [4.69, 9.17) is 0 Å². The lowest BCUT2D eigenvalue weighted by Gasteiger charge is -2.05. The van der Waals surface area contributed by atoms with Gasteiger partial charge in [-0.1, -0.05) is 48.9 Å². The number of hydrogen-bond donors (Lipinski definition) is 0. The van der Waals surface area contributed by atoms with Crippen LogP contribution in [-0.2, 0) is 0 Å². The van der Waals surface area contributed by atoms with Gasteiger partial charge >= 0.3 is 0 Å². The van der Waals surface area contributed by atoms with Crippen LogP contribution in [0.3, 0.4) is 0 Å². The number of hydrogen-bond acceptors (Lipinski definition) is 0. The van der Waals surface area contributed by atoms with Crippen LogP contribution in [0, 0.1) is 6.92 Å². The number of benzene rings is 1. The molecule has 0 aliphatic heterocycles. The Kier molecular flexibility index (Phi) is 3.09. The predicted molar refractivity (Wildman–Crippen MR) is 54.4 cm³/mol. The van der Waals surface area contributed by atoms with Crippen molar-refractivity contribution in [1.29, 1.82) is 0 Å². The molecule has 0 bridgehead atoms. The average Bonchev–Trinajstić information content (AvgIpc) is 2.06. The number of aryl methyl sites for hydroxylation is 1. The molecule has 0 aromatic heterocycles. The van der Waals surface area contributed by atoms with Crippen molar-refractivity contribution < 1.29 is 0 Å². The van der Waals surface area contributed by atoms with Crippen molar-refractivity contribution in [2.24, 2.45) is 0 Å². The van der Waals surface area contributed by atoms with Gasteiger partial charge in [-0.25, -0.2) is 0 Å². The summed E-state index contributed by atoms with van der Waals surface area (Å²) in [6, 6.07) is 8.71. The van der Waals surface area contributed by atoms with Gasteiger partial charge in [0.15, 0.2) is 0 Å². The highest BCUT2D eigenvalue weighted by Crippen LogP contribution is 2.16. The Morgan fingerprint density at radius 3 is 2.25 bits per heavy atom. The van der Waals surface area contributed by atoms with E-state index in [2.05, 4.69) is 57.2 Å². The molecule has 1 atom stereocenters. The fraction of sp³-hybridized carbons (Fsp3) is 0.333. The van der Waals surface area contributed by atoms with Crippen LogP contribution >= 0.6 is 0 Å². The second kappa shape index (κ2) is 4.10. The molecular weight excluding hydrogens is 144 g/mol. The highest BCUT2D eigenvalue weighted by Gasteiger charge is 1.98. The maximum atomic E-state index is 2.21. The summed E-state index contributed by atoms with van der Waals surface area (Å²) in [5.41, 5.74) is 2.71. The number of allylic oxidation sites excluding steroid dienone is 2. The van der Waals surface area contributed by atoms with Crippen molar-refractivity contribution in [1.82, 2.24) is 0 Å². The zero-order valence-corrected chi connectivity index (χ0v) is 8.04.